The molecule has 0 radical (unpaired) electrons. The topological polar surface area (TPSA) is 63.8 Å². The lowest BCUT2D eigenvalue weighted by molar-refractivity contribution is 0.282. The highest BCUT2D eigenvalue weighted by molar-refractivity contribution is 5.72. The summed E-state index contributed by atoms with van der Waals surface area (Å²) in [6.45, 7) is 0.0136. The lowest BCUT2D eigenvalue weighted by Crippen LogP contribution is -1.92. The molecule has 0 fully saturated rings. The standard InChI is InChI=1S/C13H12N4O/c1-17-8-15-13-11(17)6-14-12(16-13)10-4-2-3-9(5-10)7-18/h2-6,8,18H,7H2,1H3. The van der Waals surface area contributed by atoms with Crippen LogP contribution in [0.3, 0.4) is 0 Å². The molecule has 0 saturated heterocycles. The average Bonchev–Trinajstić information content (AvgIpc) is 2.80. The Morgan fingerprint density at radius 3 is 3.00 bits per heavy atom. The van der Waals surface area contributed by atoms with Gasteiger partial charge < -0.3 is 9.67 Å². The molecule has 90 valence electrons. The predicted octanol–water partition coefficient (Wildman–Crippen LogP) is 1.52. The minimum absolute atomic E-state index is 0.0136. The van der Waals surface area contributed by atoms with Crippen molar-refractivity contribution >= 4 is 11.2 Å². The second kappa shape index (κ2) is 4.19. The van der Waals surface area contributed by atoms with E-state index in [0.29, 0.717) is 11.5 Å². The first-order chi connectivity index (χ1) is 8.78. The van der Waals surface area contributed by atoms with E-state index in [1.54, 1.807) is 12.5 Å². The van der Waals surface area contributed by atoms with E-state index in [9.17, 15) is 0 Å². The van der Waals surface area contributed by atoms with Gasteiger partial charge in [-0.3, -0.25) is 0 Å². The maximum atomic E-state index is 9.13. The van der Waals surface area contributed by atoms with Crippen LogP contribution in [0.25, 0.3) is 22.6 Å². The van der Waals surface area contributed by atoms with Gasteiger partial charge in [0.15, 0.2) is 11.5 Å². The van der Waals surface area contributed by atoms with Crippen molar-refractivity contribution in [1.29, 1.82) is 0 Å². The summed E-state index contributed by atoms with van der Waals surface area (Å²) in [5.74, 6) is 0.622. The zero-order chi connectivity index (χ0) is 12.5. The van der Waals surface area contributed by atoms with Crippen molar-refractivity contribution in [2.45, 2.75) is 6.61 Å². The molecule has 2 aromatic heterocycles. The molecule has 0 spiro atoms. The minimum Gasteiger partial charge on any atom is -0.392 e. The van der Waals surface area contributed by atoms with Gasteiger partial charge in [0, 0.05) is 12.6 Å². The molecule has 0 aliphatic carbocycles. The molecule has 5 heteroatoms. The van der Waals surface area contributed by atoms with Crippen LogP contribution in [0.2, 0.25) is 0 Å². The second-order valence-corrected chi connectivity index (χ2v) is 4.12. The average molecular weight is 240 g/mol. The fourth-order valence-corrected chi connectivity index (χ4v) is 1.86. The fourth-order valence-electron chi connectivity index (χ4n) is 1.86. The van der Waals surface area contributed by atoms with Gasteiger partial charge in [0.2, 0.25) is 0 Å². The van der Waals surface area contributed by atoms with Crippen molar-refractivity contribution in [1.82, 2.24) is 19.5 Å². The Balaban J connectivity index is 2.13. The van der Waals surface area contributed by atoms with Crippen LogP contribution in [0, 0.1) is 0 Å². The molecule has 1 N–H and O–H groups in total. The van der Waals surface area contributed by atoms with Gasteiger partial charge in [0.1, 0.15) is 5.52 Å². The molecule has 0 atom stereocenters. The summed E-state index contributed by atoms with van der Waals surface area (Å²) in [4.78, 5) is 13.0. The third kappa shape index (κ3) is 1.74. The summed E-state index contributed by atoms with van der Waals surface area (Å²) in [5, 5.41) is 9.13. The first-order valence-electron chi connectivity index (χ1n) is 5.62. The zero-order valence-corrected chi connectivity index (χ0v) is 9.91. The summed E-state index contributed by atoms with van der Waals surface area (Å²) in [6, 6.07) is 7.54. The number of hydrogen-bond acceptors (Lipinski definition) is 4. The molecule has 2 heterocycles. The van der Waals surface area contributed by atoms with Crippen molar-refractivity contribution in [2.24, 2.45) is 7.05 Å². The molecule has 0 unspecified atom stereocenters. The minimum atomic E-state index is 0.0136. The Labute approximate surface area is 104 Å². The summed E-state index contributed by atoms with van der Waals surface area (Å²) in [5.41, 5.74) is 3.31. The number of hydrogen-bond donors (Lipinski definition) is 1. The summed E-state index contributed by atoms with van der Waals surface area (Å²) in [7, 11) is 1.91. The maximum Gasteiger partial charge on any atom is 0.181 e. The SMILES string of the molecule is Cn1cnc2nc(-c3cccc(CO)c3)ncc21. The molecule has 18 heavy (non-hydrogen) atoms. The van der Waals surface area contributed by atoms with Crippen molar-refractivity contribution in [2.75, 3.05) is 0 Å². The van der Waals surface area contributed by atoms with E-state index in [0.717, 1.165) is 16.6 Å². The number of aryl methyl sites for hydroxylation is 1. The third-order valence-corrected chi connectivity index (χ3v) is 2.85. The Morgan fingerprint density at radius 2 is 2.17 bits per heavy atom. The summed E-state index contributed by atoms with van der Waals surface area (Å²) >= 11 is 0. The lowest BCUT2D eigenvalue weighted by Gasteiger charge is -2.02. The molecule has 0 bridgehead atoms. The molecule has 5 nitrogen and oxygen atoms in total. The number of aliphatic hydroxyl groups is 1. The van der Waals surface area contributed by atoms with Crippen LogP contribution >= 0.6 is 0 Å². The van der Waals surface area contributed by atoms with E-state index in [4.69, 9.17) is 5.11 Å². The van der Waals surface area contributed by atoms with E-state index in [1.807, 2.05) is 35.9 Å². The van der Waals surface area contributed by atoms with Gasteiger partial charge in [-0.15, -0.1) is 0 Å². The van der Waals surface area contributed by atoms with Gasteiger partial charge >= 0.3 is 0 Å². The Bertz CT molecular complexity index is 705. The zero-order valence-electron chi connectivity index (χ0n) is 9.91. The van der Waals surface area contributed by atoms with Crippen LogP contribution < -0.4 is 0 Å². The first-order valence-corrected chi connectivity index (χ1v) is 5.62. The van der Waals surface area contributed by atoms with Crippen molar-refractivity contribution in [3.63, 3.8) is 0 Å². The molecule has 0 aliphatic rings. The van der Waals surface area contributed by atoms with Gasteiger partial charge in [-0.05, 0) is 11.6 Å². The first kappa shape index (κ1) is 10.9. The van der Waals surface area contributed by atoms with Gasteiger partial charge in [0.05, 0.1) is 19.1 Å². The van der Waals surface area contributed by atoms with Gasteiger partial charge in [-0.1, -0.05) is 18.2 Å². The number of benzene rings is 1. The molecule has 3 rings (SSSR count). The quantitative estimate of drug-likeness (QED) is 0.737. The lowest BCUT2D eigenvalue weighted by atomic mass is 10.1. The van der Waals surface area contributed by atoms with E-state index < -0.39 is 0 Å². The van der Waals surface area contributed by atoms with Crippen LogP contribution in [-0.4, -0.2) is 24.6 Å². The third-order valence-electron chi connectivity index (χ3n) is 2.85. The van der Waals surface area contributed by atoms with Crippen molar-refractivity contribution in [3.8, 4) is 11.4 Å². The van der Waals surface area contributed by atoms with Gasteiger partial charge in [0.25, 0.3) is 0 Å². The number of rotatable bonds is 2. The molecule has 3 aromatic rings. The van der Waals surface area contributed by atoms with E-state index in [1.165, 1.54) is 0 Å². The second-order valence-electron chi connectivity index (χ2n) is 4.12. The highest BCUT2D eigenvalue weighted by atomic mass is 16.3. The highest BCUT2D eigenvalue weighted by Gasteiger charge is 2.06. The monoisotopic (exact) mass is 240 g/mol. The molecule has 0 saturated carbocycles. The number of aromatic nitrogens is 4. The normalized spacial score (nSPS) is 11.0. The van der Waals surface area contributed by atoms with Crippen molar-refractivity contribution < 1.29 is 5.11 Å². The fraction of sp³-hybridized carbons (Fsp3) is 0.154. The Kier molecular flexibility index (Phi) is 2.53. The Hall–Kier alpha value is -2.27. The van der Waals surface area contributed by atoms with E-state index in [-0.39, 0.29) is 6.61 Å². The van der Waals surface area contributed by atoms with Crippen LogP contribution in [0.15, 0.2) is 36.8 Å². The van der Waals surface area contributed by atoms with Gasteiger partial charge in [-0.25, -0.2) is 15.0 Å². The molecule has 0 amide bonds. The van der Waals surface area contributed by atoms with E-state index >= 15 is 0 Å². The number of imidazole rings is 1. The molecule has 0 aliphatic heterocycles. The van der Waals surface area contributed by atoms with Crippen LogP contribution in [0.1, 0.15) is 5.56 Å². The van der Waals surface area contributed by atoms with E-state index in [2.05, 4.69) is 15.0 Å². The number of aliphatic hydroxyl groups excluding tert-OH is 1. The molecule has 1 aromatic carbocycles. The number of nitrogens with zero attached hydrogens (tertiary/aromatic N) is 4. The smallest absolute Gasteiger partial charge is 0.181 e. The largest absolute Gasteiger partial charge is 0.392 e. The predicted molar refractivity (Wildman–Crippen MR) is 67.7 cm³/mol. The maximum absolute atomic E-state index is 9.13. The van der Waals surface area contributed by atoms with Crippen LogP contribution in [0.5, 0.6) is 0 Å². The molecular formula is C13H12N4O. The van der Waals surface area contributed by atoms with Crippen molar-refractivity contribution in [3.05, 3.63) is 42.4 Å². The number of fused-ring (bicyclic) bond motifs is 1. The summed E-state index contributed by atoms with van der Waals surface area (Å²) < 4.78 is 1.88. The highest BCUT2D eigenvalue weighted by Crippen LogP contribution is 2.18. The Morgan fingerprint density at radius 1 is 1.28 bits per heavy atom. The van der Waals surface area contributed by atoms with Crippen LogP contribution in [-0.2, 0) is 13.7 Å². The van der Waals surface area contributed by atoms with Crippen LogP contribution in [0.4, 0.5) is 0 Å². The summed E-state index contributed by atoms with van der Waals surface area (Å²) in [6.07, 6.45) is 3.48. The molecular weight excluding hydrogens is 228 g/mol. The van der Waals surface area contributed by atoms with Gasteiger partial charge in [-0.2, -0.15) is 0 Å².